The Labute approximate surface area is 253 Å². The van der Waals surface area contributed by atoms with E-state index in [2.05, 4.69) is 135 Å². The van der Waals surface area contributed by atoms with Crippen LogP contribution in [0.4, 0.5) is 0 Å². The molecule has 0 heteroatoms. The summed E-state index contributed by atoms with van der Waals surface area (Å²) in [4.78, 5) is 0. The molecule has 8 unspecified atom stereocenters. The normalized spacial score (nSPS) is 29.0. The van der Waals surface area contributed by atoms with Gasteiger partial charge in [0.15, 0.2) is 0 Å². The smallest absolute Gasteiger partial charge is 0.0116 e. The molecule has 3 rings (SSSR count). The van der Waals surface area contributed by atoms with Crippen molar-refractivity contribution < 1.29 is 0 Å². The molecule has 0 nitrogen and oxygen atoms in total. The number of fused-ring (bicyclic) bond motifs is 1. The fourth-order valence-electron chi connectivity index (χ4n) is 7.53. The summed E-state index contributed by atoms with van der Waals surface area (Å²) >= 11 is 0. The first-order valence-electron chi connectivity index (χ1n) is 16.5. The van der Waals surface area contributed by atoms with Gasteiger partial charge >= 0.3 is 0 Å². The van der Waals surface area contributed by atoms with Gasteiger partial charge in [0.05, 0.1) is 0 Å². The minimum atomic E-state index is 0.454. The molecule has 1 fully saturated rings. The Morgan fingerprint density at radius 1 is 1.17 bits per heavy atom. The molecule has 0 bridgehead atoms. The van der Waals surface area contributed by atoms with Crippen LogP contribution in [0.25, 0.3) is 0 Å². The molecule has 0 aromatic carbocycles. The van der Waals surface area contributed by atoms with E-state index in [1.165, 1.54) is 41.6 Å². The summed E-state index contributed by atoms with van der Waals surface area (Å²) in [6.45, 7) is 24.9. The number of rotatable bonds is 12. The van der Waals surface area contributed by atoms with Crippen molar-refractivity contribution in [1.82, 2.24) is 0 Å². The van der Waals surface area contributed by atoms with E-state index in [0.29, 0.717) is 35.5 Å². The van der Waals surface area contributed by atoms with Crippen LogP contribution < -0.4 is 0 Å². The second kappa shape index (κ2) is 15.6. The Kier molecular flexibility index (Phi) is 12.6. The van der Waals surface area contributed by atoms with Gasteiger partial charge in [0.25, 0.3) is 0 Å². The lowest BCUT2D eigenvalue weighted by Gasteiger charge is -2.32. The molecule has 0 aliphatic heterocycles. The summed E-state index contributed by atoms with van der Waals surface area (Å²) in [7, 11) is 0. The van der Waals surface area contributed by atoms with Crippen LogP contribution in [0.15, 0.2) is 106 Å². The van der Waals surface area contributed by atoms with E-state index in [-0.39, 0.29) is 0 Å². The van der Waals surface area contributed by atoms with Gasteiger partial charge in [0.1, 0.15) is 0 Å². The van der Waals surface area contributed by atoms with E-state index in [1.807, 2.05) is 0 Å². The highest BCUT2D eigenvalue weighted by molar-refractivity contribution is 5.32. The molecule has 0 N–H and O–H groups in total. The molecular formula is C41H58. The molecule has 3 aliphatic carbocycles. The summed E-state index contributed by atoms with van der Waals surface area (Å²) in [5.74, 6) is 4.79. The second-order valence-corrected chi connectivity index (χ2v) is 13.5. The van der Waals surface area contributed by atoms with Crippen molar-refractivity contribution in [1.29, 1.82) is 0 Å². The molecule has 1 saturated carbocycles. The molecule has 3 aliphatic rings. The lowest BCUT2D eigenvalue weighted by atomic mass is 9.72. The molecule has 0 saturated heterocycles. The zero-order chi connectivity index (χ0) is 30.1. The van der Waals surface area contributed by atoms with Gasteiger partial charge < -0.3 is 0 Å². The van der Waals surface area contributed by atoms with Gasteiger partial charge in [-0.3, -0.25) is 0 Å². The van der Waals surface area contributed by atoms with Gasteiger partial charge in [-0.15, -0.1) is 11.5 Å². The average molecular weight is 551 g/mol. The van der Waals surface area contributed by atoms with Crippen molar-refractivity contribution in [3.63, 3.8) is 0 Å². The molecule has 0 spiro atoms. The molecule has 0 amide bonds. The van der Waals surface area contributed by atoms with E-state index in [4.69, 9.17) is 0 Å². The quantitative estimate of drug-likeness (QED) is 0.167. The number of hydrogen-bond acceptors (Lipinski definition) is 0. The zero-order valence-corrected chi connectivity index (χ0v) is 27.8. The van der Waals surface area contributed by atoms with Crippen molar-refractivity contribution in [3.05, 3.63) is 106 Å². The Morgan fingerprint density at radius 3 is 2.59 bits per heavy atom. The van der Waals surface area contributed by atoms with Gasteiger partial charge in [-0.25, -0.2) is 0 Å². The van der Waals surface area contributed by atoms with Gasteiger partial charge in [-0.1, -0.05) is 100 Å². The summed E-state index contributed by atoms with van der Waals surface area (Å²) in [5.41, 5.74) is 15.7. The molecule has 0 aromatic heterocycles. The van der Waals surface area contributed by atoms with Crippen LogP contribution >= 0.6 is 0 Å². The van der Waals surface area contributed by atoms with E-state index >= 15 is 0 Å². The fraction of sp³-hybridized carbons (Fsp3) is 0.561. The zero-order valence-electron chi connectivity index (χ0n) is 27.8. The highest BCUT2D eigenvalue weighted by Crippen LogP contribution is 2.51. The summed E-state index contributed by atoms with van der Waals surface area (Å²) in [5, 5.41) is 0. The van der Waals surface area contributed by atoms with Crippen LogP contribution in [0.2, 0.25) is 0 Å². The van der Waals surface area contributed by atoms with Gasteiger partial charge in [0.2, 0.25) is 0 Å². The summed E-state index contributed by atoms with van der Waals surface area (Å²) < 4.78 is 0. The third-order valence-electron chi connectivity index (χ3n) is 10.2. The van der Waals surface area contributed by atoms with Gasteiger partial charge in [0, 0.05) is 0 Å². The molecule has 0 aromatic rings. The van der Waals surface area contributed by atoms with Crippen molar-refractivity contribution in [2.45, 2.75) is 101 Å². The minimum Gasteiger partial charge on any atom is -0.128 e. The summed E-state index contributed by atoms with van der Waals surface area (Å²) in [6, 6.07) is 0. The maximum absolute atomic E-state index is 4.05. The van der Waals surface area contributed by atoms with E-state index in [1.54, 1.807) is 11.1 Å². The van der Waals surface area contributed by atoms with Crippen molar-refractivity contribution in [2.75, 3.05) is 0 Å². The Hall–Kier alpha value is -2.52. The number of hydrogen-bond donors (Lipinski definition) is 0. The molecule has 222 valence electrons. The van der Waals surface area contributed by atoms with Crippen molar-refractivity contribution in [3.8, 4) is 0 Å². The molecule has 8 atom stereocenters. The van der Waals surface area contributed by atoms with Crippen molar-refractivity contribution >= 4 is 0 Å². The SMILES string of the molecule is C=C=CC(=CC(C)CC(C)C(C=CC)=CC)C(CC1=CC=C=C(C)CC2CC12)CC1C(C)=CC(CC)=CC(C)C1C. The first-order valence-corrected chi connectivity index (χ1v) is 16.5. The molecule has 41 heavy (non-hydrogen) atoms. The topological polar surface area (TPSA) is 0 Å². The Bertz CT molecular complexity index is 1210. The first-order chi connectivity index (χ1) is 19.6. The van der Waals surface area contributed by atoms with Gasteiger partial charge in [-0.05, 0) is 142 Å². The van der Waals surface area contributed by atoms with Crippen LogP contribution in [0.3, 0.4) is 0 Å². The maximum Gasteiger partial charge on any atom is -0.0116 e. The highest BCUT2D eigenvalue weighted by Gasteiger charge is 2.41. The predicted octanol–water partition coefficient (Wildman–Crippen LogP) is 12.1. The maximum atomic E-state index is 4.05. The molecular weight excluding hydrogens is 492 g/mol. The lowest BCUT2D eigenvalue weighted by Crippen LogP contribution is -2.22. The average Bonchev–Trinajstić information content (AvgIpc) is 3.69. The van der Waals surface area contributed by atoms with Crippen LogP contribution in [0, 0.1) is 47.3 Å². The predicted molar refractivity (Wildman–Crippen MR) is 182 cm³/mol. The Balaban J connectivity index is 1.99. The third kappa shape index (κ3) is 9.23. The van der Waals surface area contributed by atoms with Crippen LogP contribution in [-0.4, -0.2) is 0 Å². The van der Waals surface area contributed by atoms with E-state index in [9.17, 15) is 0 Å². The number of allylic oxidation sites excluding steroid dienone is 14. The fourth-order valence-corrected chi connectivity index (χ4v) is 7.53. The monoisotopic (exact) mass is 550 g/mol. The van der Waals surface area contributed by atoms with Crippen molar-refractivity contribution in [2.24, 2.45) is 47.3 Å². The first kappa shape index (κ1) is 33.0. The van der Waals surface area contributed by atoms with Crippen LogP contribution in [0.1, 0.15) is 101 Å². The molecule has 0 heterocycles. The van der Waals surface area contributed by atoms with E-state index in [0.717, 1.165) is 31.1 Å². The molecule has 0 radical (unpaired) electrons. The third-order valence-corrected chi connectivity index (χ3v) is 10.2. The summed E-state index contributed by atoms with van der Waals surface area (Å²) in [6.07, 6.45) is 28.2. The van der Waals surface area contributed by atoms with Crippen LogP contribution in [0.5, 0.6) is 0 Å². The van der Waals surface area contributed by atoms with E-state index < -0.39 is 0 Å². The highest BCUT2D eigenvalue weighted by atomic mass is 14.4. The van der Waals surface area contributed by atoms with Crippen LogP contribution in [-0.2, 0) is 0 Å². The van der Waals surface area contributed by atoms with Gasteiger partial charge in [-0.2, -0.15) is 0 Å². The minimum absolute atomic E-state index is 0.454. The largest absolute Gasteiger partial charge is 0.128 e. The lowest BCUT2D eigenvalue weighted by molar-refractivity contribution is 0.292. The second-order valence-electron chi connectivity index (χ2n) is 13.5. The standard InChI is InChI=1S/C41H58/c1-11-16-35(14-4)31(8)20-29(6)22-36(17-12-2)38(25-37-19-15-18-28(5)21-39-27-41(37)39)26-40-32(9)24-34(13-3)23-30(7)33(40)10/h11,14-17,19,22-24,29-31,33,38-41H,2,13,20-21,25-27H2,1,3-10H3. The Morgan fingerprint density at radius 2 is 1.93 bits per heavy atom.